The maximum atomic E-state index is 12.3. The number of nitrogens with zero attached hydrogens (tertiary/aromatic N) is 1. The number of aromatic nitrogens is 1. The molecule has 3 rings (SSSR count). The van der Waals surface area contributed by atoms with E-state index >= 15 is 0 Å². The van der Waals surface area contributed by atoms with Gasteiger partial charge in [0, 0.05) is 22.9 Å². The van der Waals surface area contributed by atoms with Crippen LogP contribution in [0.5, 0.6) is 17.2 Å². The number of ether oxygens (including phenoxy) is 3. The minimum atomic E-state index is -0.0986. The van der Waals surface area contributed by atoms with Gasteiger partial charge in [0.2, 0.25) is 5.91 Å². The largest absolute Gasteiger partial charge is 0.497 e. The van der Waals surface area contributed by atoms with E-state index in [1.165, 1.54) is 11.3 Å². The molecular formula is C22H24N2O4S2. The zero-order chi connectivity index (χ0) is 21.3. The van der Waals surface area contributed by atoms with E-state index in [2.05, 4.69) is 10.3 Å². The SMILES string of the molecule is CCOc1ccc(NC(=O)Cc2csc(SCc3cc(OC)cc(OC)c3)n2)cc1. The van der Waals surface area contributed by atoms with Crippen molar-refractivity contribution in [3.63, 3.8) is 0 Å². The number of thioether (sulfide) groups is 1. The summed E-state index contributed by atoms with van der Waals surface area (Å²) in [7, 11) is 3.27. The highest BCUT2D eigenvalue weighted by atomic mass is 32.2. The highest BCUT2D eigenvalue weighted by molar-refractivity contribution is 8.00. The van der Waals surface area contributed by atoms with Crippen LogP contribution in [0.15, 0.2) is 52.2 Å². The Balaban J connectivity index is 1.53. The van der Waals surface area contributed by atoms with Crippen molar-refractivity contribution in [1.82, 2.24) is 4.98 Å². The summed E-state index contributed by atoms with van der Waals surface area (Å²) < 4.78 is 16.9. The van der Waals surface area contributed by atoms with Crippen molar-refractivity contribution < 1.29 is 19.0 Å². The van der Waals surface area contributed by atoms with Gasteiger partial charge in [-0.2, -0.15) is 0 Å². The van der Waals surface area contributed by atoms with E-state index in [9.17, 15) is 4.79 Å². The number of hydrogen-bond acceptors (Lipinski definition) is 7. The molecule has 8 heteroatoms. The zero-order valence-electron chi connectivity index (χ0n) is 17.1. The molecule has 0 bridgehead atoms. The Morgan fingerprint density at radius 2 is 1.77 bits per heavy atom. The van der Waals surface area contributed by atoms with Gasteiger partial charge in [0.15, 0.2) is 0 Å². The van der Waals surface area contributed by atoms with Gasteiger partial charge in [0.25, 0.3) is 0 Å². The monoisotopic (exact) mass is 444 g/mol. The van der Waals surface area contributed by atoms with Gasteiger partial charge in [0.1, 0.15) is 21.6 Å². The molecule has 0 fully saturated rings. The Bertz CT molecular complexity index is 951. The summed E-state index contributed by atoms with van der Waals surface area (Å²) in [5.41, 5.74) is 2.58. The summed E-state index contributed by atoms with van der Waals surface area (Å²) in [6, 6.07) is 13.1. The normalized spacial score (nSPS) is 10.5. The second-order valence-electron chi connectivity index (χ2n) is 6.30. The van der Waals surface area contributed by atoms with Gasteiger partial charge in [-0.3, -0.25) is 4.79 Å². The molecule has 0 aliphatic heterocycles. The lowest BCUT2D eigenvalue weighted by molar-refractivity contribution is -0.115. The molecule has 1 N–H and O–H groups in total. The van der Waals surface area contributed by atoms with Crippen molar-refractivity contribution in [1.29, 1.82) is 0 Å². The van der Waals surface area contributed by atoms with Crippen molar-refractivity contribution >= 4 is 34.7 Å². The Kier molecular flexibility index (Phi) is 7.98. The van der Waals surface area contributed by atoms with Gasteiger partial charge in [-0.25, -0.2) is 4.98 Å². The van der Waals surface area contributed by atoms with Crippen molar-refractivity contribution in [3.8, 4) is 17.2 Å². The molecule has 30 heavy (non-hydrogen) atoms. The van der Waals surface area contributed by atoms with Crippen LogP contribution in [0.1, 0.15) is 18.2 Å². The molecule has 0 radical (unpaired) electrons. The minimum absolute atomic E-state index is 0.0986. The second kappa shape index (κ2) is 10.9. The first-order valence-electron chi connectivity index (χ1n) is 9.41. The van der Waals surface area contributed by atoms with E-state index in [4.69, 9.17) is 14.2 Å². The summed E-state index contributed by atoms with van der Waals surface area (Å²) in [4.78, 5) is 16.9. The van der Waals surface area contributed by atoms with Gasteiger partial charge >= 0.3 is 0 Å². The van der Waals surface area contributed by atoms with Crippen molar-refractivity contribution in [2.45, 2.75) is 23.4 Å². The van der Waals surface area contributed by atoms with Crippen LogP contribution < -0.4 is 19.5 Å². The zero-order valence-corrected chi connectivity index (χ0v) is 18.8. The highest BCUT2D eigenvalue weighted by Crippen LogP contribution is 2.30. The standard InChI is InChI=1S/C22H24N2O4S2/c1-4-28-18-7-5-16(6-8-18)23-21(25)11-17-14-30-22(24-17)29-13-15-9-19(26-2)12-20(10-15)27-3/h5-10,12,14H,4,11,13H2,1-3H3,(H,23,25). The van der Waals surface area contributed by atoms with E-state index < -0.39 is 0 Å². The van der Waals surface area contributed by atoms with Crippen LogP contribution in [0.25, 0.3) is 0 Å². The molecule has 0 spiro atoms. The number of anilines is 1. The van der Waals surface area contributed by atoms with E-state index in [-0.39, 0.29) is 12.3 Å². The number of nitrogens with one attached hydrogen (secondary N) is 1. The third-order valence-corrected chi connectivity index (χ3v) is 6.24. The van der Waals surface area contributed by atoms with Crippen LogP contribution in [0.2, 0.25) is 0 Å². The lowest BCUT2D eigenvalue weighted by Crippen LogP contribution is -2.14. The molecular weight excluding hydrogens is 420 g/mol. The number of hydrogen-bond donors (Lipinski definition) is 1. The molecule has 0 aliphatic carbocycles. The Hall–Kier alpha value is -2.71. The number of carbonyl (C=O) groups is 1. The molecule has 3 aromatic rings. The molecule has 1 amide bonds. The highest BCUT2D eigenvalue weighted by Gasteiger charge is 2.10. The van der Waals surface area contributed by atoms with Gasteiger partial charge in [0.05, 0.1) is 32.9 Å². The average molecular weight is 445 g/mol. The van der Waals surface area contributed by atoms with E-state index in [0.717, 1.165) is 44.3 Å². The smallest absolute Gasteiger partial charge is 0.230 e. The van der Waals surface area contributed by atoms with Gasteiger partial charge in [-0.05, 0) is 48.9 Å². The van der Waals surface area contributed by atoms with E-state index in [0.29, 0.717) is 6.61 Å². The predicted molar refractivity (Wildman–Crippen MR) is 121 cm³/mol. The van der Waals surface area contributed by atoms with Crippen LogP contribution in [-0.2, 0) is 17.0 Å². The Morgan fingerprint density at radius 1 is 1.07 bits per heavy atom. The lowest BCUT2D eigenvalue weighted by Gasteiger charge is -2.07. The molecule has 6 nitrogen and oxygen atoms in total. The van der Waals surface area contributed by atoms with Crippen molar-refractivity contribution in [3.05, 3.63) is 59.1 Å². The minimum Gasteiger partial charge on any atom is -0.497 e. The molecule has 0 atom stereocenters. The molecule has 158 valence electrons. The fourth-order valence-corrected chi connectivity index (χ4v) is 4.48. The van der Waals surface area contributed by atoms with E-state index in [1.54, 1.807) is 26.0 Å². The summed E-state index contributed by atoms with van der Waals surface area (Å²) in [6.45, 7) is 2.55. The van der Waals surface area contributed by atoms with Crippen LogP contribution in [0.4, 0.5) is 5.69 Å². The number of carbonyl (C=O) groups excluding carboxylic acids is 1. The first kappa shape index (κ1) is 22.0. The van der Waals surface area contributed by atoms with Crippen LogP contribution in [0, 0.1) is 0 Å². The molecule has 1 aromatic heterocycles. The summed E-state index contributed by atoms with van der Waals surface area (Å²) in [5.74, 6) is 2.94. The quantitative estimate of drug-likeness (QED) is 0.442. The van der Waals surface area contributed by atoms with Crippen LogP contribution in [-0.4, -0.2) is 31.7 Å². The Morgan fingerprint density at radius 3 is 2.40 bits per heavy atom. The molecule has 0 saturated heterocycles. The molecule has 0 unspecified atom stereocenters. The van der Waals surface area contributed by atoms with Gasteiger partial charge < -0.3 is 19.5 Å². The first-order valence-corrected chi connectivity index (χ1v) is 11.3. The molecule has 0 saturated carbocycles. The average Bonchev–Trinajstić information content (AvgIpc) is 3.20. The first-order chi connectivity index (χ1) is 14.6. The maximum absolute atomic E-state index is 12.3. The van der Waals surface area contributed by atoms with Crippen LogP contribution in [0.3, 0.4) is 0 Å². The second-order valence-corrected chi connectivity index (χ2v) is 8.38. The fraction of sp³-hybridized carbons (Fsp3) is 0.273. The summed E-state index contributed by atoms with van der Waals surface area (Å²) >= 11 is 3.16. The third kappa shape index (κ3) is 6.40. The molecule has 1 heterocycles. The number of benzene rings is 2. The van der Waals surface area contributed by atoms with Crippen LogP contribution >= 0.6 is 23.1 Å². The fourth-order valence-electron chi connectivity index (χ4n) is 2.70. The van der Waals surface area contributed by atoms with E-state index in [1.807, 2.05) is 54.8 Å². The maximum Gasteiger partial charge on any atom is 0.230 e. The lowest BCUT2D eigenvalue weighted by atomic mass is 10.2. The molecule has 0 aliphatic rings. The summed E-state index contributed by atoms with van der Waals surface area (Å²) in [5, 5.41) is 4.81. The summed E-state index contributed by atoms with van der Waals surface area (Å²) in [6.07, 6.45) is 0.233. The number of methoxy groups -OCH3 is 2. The number of rotatable bonds is 10. The van der Waals surface area contributed by atoms with Gasteiger partial charge in [-0.15, -0.1) is 11.3 Å². The molecule has 2 aromatic carbocycles. The third-order valence-electron chi connectivity index (χ3n) is 4.09. The Labute approximate surface area is 184 Å². The number of amides is 1. The van der Waals surface area contributed by atoms with Crippen molar-refractivity contribution in [2.75, 3.05) is 26.1 Å². The topological polar surface area (TPSA) is 69.7 Å². The van der Waals surface area contributed by atoms with Gasteiger partial charge in [-0.1, -0.05) is 11.8 Å². The van der Waals surface area contributed by atoms with Crippen molar-refractivity contribution in [2.24, 2.45) is 0 Å². The number of thiazole rings is 1. The predicted octanol–water partition coefficient (Wildman–Crippen LogP) is 5.03.